The molecule has 0 radical (unpaired) electrons. The van der Waals surface area contributed by atoms with Crippen molar-refractivity contribution in [1.82, 2.24) is 14.7 Å². The lowest BCUT2D eigenvalue weighted by Crippen LogP contribution is -2.18. The van der Waals surface area contributed by atoms with Gasteiger partial charge in [-0.25, -0.2) is 18.1 Å². The second-order valence-electron chi connectivity index (χ2n) is 6.52. The van der Waals surface area contributed by atoms with Crippen LogP contribution in [0.3, 0.4) is 0 Å². The molecule has 158 valence electrons. The number of nitrogens with zero attached hydrogens (tertiary/aromatic N) is 2. The van der Waals surface area contributed by atoms with Crippen molar-refractivity contribution in [3.63, 3.8) is 0 Å². The molecule has 0 amide bonds. The molecule has 31 heavy (non-hydrogen) atoms. The molecule has 8 nitrogen and oxygen atoms in total. The van der Waals surface area contributed by atoms with E-state index in [2.05, 4.69) is 20.0 Å². The summed E-state index contributed by atoms with van der Waals surface area (Å²) in [6.07, 6.45) is 3.34. The van der Waals surface area contributed by atoms with Crippen LogP contribution in [-0.2, 0) is 10.0 Å². The fourth-order valence-corrected chi connectivity index (χ4v) is 3.77. The number of nitrogens with one attached hydrogen (secondary N) is 2. The molecule has 0 aliphatic heterocycles. The lowest BCUT2D eigenvalue weighted by molar-refractivity contribution is 0.416. The first-order valence-corrected chi connectivity index (χ1v) is 10.8. The minimum Gasteiger partial charge on any atom is -0.495 e. The van der Waals surface area contributed by atoms with Gasteiger partial charge >= 0.3 is 0 Å². The van der Waals surface area contributed by atoms with Crippen LogP contribution in [0.25, 0.3) is 22.6 Å². The quantitative estimate of drug-likeness (QED) is 0.450. The Morgan fingerprint density at radius 1 is 0.968 bits per heavy atom. The number of aromatic nitrogens is 2. The third-order valence-corrected chi connectivity index (χ3v) is 6.02. The lowest BCUT2D eigenvalue weighted by atomic mass is 10.1. The molecule has 0 saturated carbocycles. The fourth-order valence-electron chi connectivity index (χ4n) is 3.02. The summed E-state index contributed by atoms with van der Waals surface area (Å²) in [5.41, 5.74) is 3.06. The number of sulfonamides is 1. The van der Waals surface area contributed by atoms with E-state index in [0.717, 1.165) is 16.8 Å². The number of anilines is 2. The van der Waals surface area contributed by atoms with Crippen LogP contribution in [0.15, 0.2) is 82.4 Å². The number of pyridine rings is 1. The van der Waals surface area contributed by atoms with Crippen LogP contribution < -0.4 is 14.8 Å². The molecule has 2 aromatic carbocycles. The van der Waals surface area contributed by atoms with Crippen LogP contribution in [0, 0.1) is 0 Å². The van der Waals surface area contributed by atoms with Crippen molar-refractivity contribution in [2.45, 2.75) is 4.90 Å². The average Bonchev–Trinajstić information content (AvgIpc) is 3.28. The van der Waals surface area contributed by atoms with Gasteiger partial charge in [0, 0.05) is 17.3 Å². The normalized spacial score (nSPS) is 11.3. The summed E-state index contributed by atoms with van der Waals surface area (Å²) in [5, 5.41) is 2.99. The number of ether oxygens (including phenoxy) is 1. The maximum Gasteiger partial charge on any atom is 0.299 e. The number of hydrogen-bond donors (Lipinski definition) is 2. The highest BCUT2D eigenvalue weighted by Crippen LogP contribution is 2.32. The average molecular weight is 436 g/mol. The van der Waals surface area contributed by atoms with E-state index >= 15 is 0 Å². The van der Waals surface area contributed by atoms with Crippen molar-refractivity contribution in [1.29, 1.82) is 0 Å². The van der Waals surface area contributed by atoms with E-state index in [4.69, 9.17) is 9.15 Å². The van der Waals surface area contributed by atoms with Gasteiger partial charge in [0.05, 0.1) is 29.6 Å². The van der Waals surface area contributed by atoms with E-state index in [9.17, 15) is 8.42 Å². The van der Waals surface area contributed by atoms with Gasteiger partial charge in [0.2, 0.25) is 10.0 Å². The molecular formula is C22H20N4O4S. The second kappa shape index (κ2) is 8.58. The van der Waals surface area contributed by atoms with E-state index in [1.807, 2.05) is 42.5 Å². The van der Waals surface area contributed by atoms with Gasteiger partial charge in [-0.2, -0.15) is 0 Å². The molecule has 2 N–H and O–H groups in total. The number of oxazole rings is 1. The molecule has 9 heteroatoms. The smallest absolute Gasteiger partial charge is 0.299 e. The molecule has 0 bridgehead atoms. The minimum atomic E-state index is -3.61. The van der Waals surface area contributed by atoms with Crippen molar-refractivity contribution >= 4 is 21.7 Å². The Bertz CT molecular complexity index is 1300. The van der Waals surface area contributed by atoms with Crippen molar-refractivity contribution in [3.05, 3.63) is 73.1 Å². The predicted molar refractivity (Wildman–Crippen MR) is 118 cm³/mol. The van der Waals surface area contributed by atoms with Gasteiger partial charge in [-0.3, -0.25) is 4.98 Å². The summed E-state index contributed by atoms with van der Waals surface area (Å²) in [7, 11) is -0.759. The minimum absolute atomic E-state index is 0.0909. The van der Waals surface area contributed by atoms with E-state index in [-0.39, 0.29) is 10.9 Å². The highest BCUT2D eigenvalue weighted by Gasteiger charge is 2.16. The molecule has 0 aliphatic carbocycles. The van der Waals surface area contributed by atoms with Gasteiger partial charge in [0.1, 0.15) is 5.75 Å². The topological polar surface area (TPSA) is 106 Å². The molecule has 0 unspecified atom stereocenters. The highest BCUT2D eigenvalue weighted by atomic mass is 32.2. The van der Waals surface area contributed by atoms with E-state index in [1.54, 1.807) is 18.5 Å². The predicted octanol–water partition coefficient (Wildman–Crippen LogP) is 4.06. The molecule has 2 heterocycles. The summed E-state index contributed by atoms with van der Waals surface area (Å²) < 4.78 is 37.7. The Balaban J connectivity index is 1.63. The molecular weight excluding hydrogens is 416 g/mol. The van der Waals surface area contributed by atoms with Gasteiger partial charge in [-0.1, -0.05) is 24.3 Å². The third kappa shape index (κ3) is 4.42. The summed E-state index contributed by atoms with van der Waals surface area (Å²) in [5.74, 6) is 1.00. The second-order valence-corrected chi connectivity index (χ2v) is 8.41. The zero-order chi connectivity index (χ0) is 21.8. The van der Waals surface area contributed by atoms with E-state index in [0.29, 0.717) is 17.2 Å². The van der Waals surface area contributed by atoms with Crippen molar-refractivity contribution in [3.8, 4) is 28.3 Å². The highest BCUT2D eigenvalue weighted by molar-refractivity contribution is 7.89. The first-order valence-electron chi connectivity index (χ1n) is 9.36. The maximum atomic E-state index is 12.1. The van der Waals surface area contributed by atoms with Crippen LogP contribution in [0.2, 0.25) is 0 Å². The molecule has 0 fully saturated rings. The molecule has 0 spiro atoms. The SMILES string of the molecule is CNS(=O)(=O)c1ccc(OC)c(Nc2ncc(-c3cccc(-c4ccccn4)c3)o2)c1. The fraction of sp³-hybridized carbons (Fsp3) is 0.0909. The summed E-state index contributed by atoms with van der Waals surface area (Å²) in [6, 6.07) is 18.2. The molecule has 4 rings (SSSR count). The Kier molecular flexibility index (Phi) is 5.70. The molecule has 4 aromatic rings. The Morgan fingerprint density at radius 3 is 2.55 bits per heavy atom. The maximum absolute atomic E-state index is 12.1. The van der Waals surface area contributed by atoms with E-state index < -0.39 is 10.0 Å². The molecule has 0 saturated heterocycles. The summed E-state index contributed by atoms with van der Waals surface area (Å²) >= 11 is 0. The van der Waals surface area contributed by atoms with Crippen molar-refractivity contribution in [2.75, 3.05) is 19.5 Å². The molecule has 0 atom stereocenters. The van der Waals surface area contributed by atoms with Gasteiger partial charge in [0.25, 0.3) is 6.01 Å². The lowest BCUT2D eigenvalue weighted by Gasteiger charge is -2.11. The van der Waals surface area contributed by atoms with Gasteiger partial charge in [0.15, 0.2) is 5.76 Å². The van der Waals surface area contributed by atoms with Gasteiger partial charge < -0.3 is 14.5 Å². The summed E-state index contributed by atoms with van der Waals surface area (Å²) in [6.45, 7) is 0. The number of benzene rings is 2. The molecule has 0 aliphatic rings. The molecule has 2 aromatic heterocycles. The standard InChI is InChI=1S/C22H20N4O4S/c1-23-31(27,28)17-9-10-20(29-2)19(13-17)26-22-25-14-21(30-22)16-7-5-6-15(12-16)18-8-3-4-11-24-18/h3-14,23H,1-2H3,(H,25,26). The largest absolute Gasteiger partial charge is 0.495 e. The Labute approximate surface area is 180 Å². The zero-order valence-electron chi connectivity index (χ0n) is 16.9. The third-order valence-electron chi connectivity index (χ3n) is 4.61. The number of rotatable bonds is 7. The monoisotopic (exact) mass is 436 g/mol. The van der Waals surface area contributed by atoms with E-state index in [1.165, 1.54) is 26.3 Å². The van der Waals surface area contributed by atoms with Crippen LogP contribution >= 0.6 is 0 Å². The van der Waals surface area contributed by atoms with Gasteiger partial charge in [-0.15, -0.1) is 0 Å². The van der Waals surface area contributed by atoms with Crippen LogP contribution in [0.5, 0.6) is 5.75 Å². The van der Waals surface area contributed by atoms with Crippen LogP contribution in [-0.4, -0.2) is 32.5 Å². The number of hydrogen-bond acceptors (Lipinski definition) is 7. The van der Waals surface area contributed by atoms with Crippen LogP contribution in [0.4, 0.5) is 11.7 Å². The summed E-state index contributed by atoms with van der Waals surface area (Å²) in [4.78, 5) is 8.73. The van der Waals surface area contributed by atoms with Crippen LogP contribution in [0.1, 0.15) is 0 Å². The first-order chi connectivity index (χ1) is 15.0. The van der Waals surface area contributed by atoms with Gasteiger partial charge in [-0.05, 0) is 43.4 Å². The Hall–Kier alpha value is -3.69. The van der Waals surface area contributed by atoms with Crippen molar-refractivity contribution in [2.24, 2.45) is 0 Å². The van der Waals surface area contributed by atoms with Crippen molar-refractivity contribution < 1.29 is 17.6 Å². The number of methoxy groups -OCH3 is 1. The Morgan fingerprint density at radius 2 is 1.81 bits per heavy atom. The first kappa shape index (κ1) is 20.6. The zero-order valence-corrected chi connectivity index (χ0v) is 17.7.